The summed E-state index contributed by atoms with van der Waals surface area (Å²) in [6.45, 7) is 13.3. The normalized spacial score (nSPS) is 15.3. The molecule has 8 nitrogen and oxygen atoms in total. The third-order valence-corrected chi connectivity index (χ3v) is 5.66. The third-order valence-electron chi connectivity index (χ3n) is 5.66. The highest BCUT2D eigenvalue weighted by Gasteiger charge is 2.27. The first-order valence-electron chi connectivity index (χ1n) is 11.8. The van der Waals surface area contributed by atoms with Gasteiger partial charge in [0.05, 0.1) is 0 Å². The van der Waals surface area contributed by atoms with E-state index in [1.54, 1.807) is 23.2 Å². The van der Waals surface area contributed by atoms with Crippen LogP contribution < -0.4 is 5.32 Å². The zero-order chi connectivity index (χ0) is 26.6. The van der Waals surface area contributed by atoms with Gasteiger partial charge in [0.1, 0.15) is 17.2 Å². The van der Waals surface area contributed by atoms with E-state index in [0.717, 1.165) is 30.8 Å². The summed E-state index contributed by atoms with van der Waals surface area (Å²) in [5.74, 6) is 0.445. The molecule has 192 valence electrons. The maximum absolute atomic E-state index is 14.4. The zero-order valence-electron chi connectivity index (χ0n) is 21.6. The summed E-state index contributed by atoms with van der Waals surface area (Å²) in [7, 11) is 0. The van der Waals surface area contributed by atoms with Gasteiger partial charge in [-0.2, -0.15) is 0 Å². The van der Waals surface area contributed by atoms with Crippen LogP contribution in [0.5, 0.6) is 0 Å². The molecule has 1 saturated heterocycles. The van der Waals surface area contributed by atoms with Gasteiger partial charge in [0, 0.05) is 47.7 Å². The minimum absolute atomic E-state index is 0.170. The molecular formula is C27H33FN4O4. The zero-order valence-corrected chi connectivity index (χ0v) is 21.6. The average molecular weight is 497 g/mol. The Morgan fingerprint density at radius 2 is 1.81 bits per heavy atom. The van der Waals surface area contributed by atoms with Crippen LogP contribution >= 0.6 is 0 Å². The van der Waals surface area contributed by atoms with Crippen molar-refractivity contribution in [3.8, 4) is 11.1 Å². The van der Waals surface area contributed by atoms with Crippen LogP contribution in [0.1, 0.15) is 45.4 Å². The molecule has 1 atom stereocenters. The molecule has 0 radical (unpaired) electrons. The summed E-state index contributed by atoms with van der Waals surface area (Å²) in [5.41, 5.74) is 2.55. The Labute approximate surface area is 210 Å². The highest BCUT2D eigenvalue weighted by molar-refractivity contribution is 5.91. The fourth-order valence-corrected chi connectivity index (χ4v) is 3.96. The number of pyridine rings is 2. The third kappa shape index (κ3) is 7.13. The average Bonchev–Trinajstić information content (AvgIpc) is 3.19. The van der Waals surface area contributed by atoms with Crippen molar-refractivity contribution in [2.75, 3.05) is 18.4 Å². The summed E-state index contributed by atoms with van der Waals surface area (Å²) in [5, 5.41) is 12.2. The van der Waals surface area contributed by atoms with Gasteiger partial charge in [-0.1, -0.05) is 6.92 Å². The number of hydrogen-bond acceptors (Lipinski definition) is 5. The van der Waals surface area contributed by atoms with Crippen molar-refractivity contribution < 1.29 is 23.8 Å². The number of likely N-dealkylation sites (tertiary alicyclic amines) is 1. The van der Waals surface area contributed by atoms with Gasteiger partial charge in [-0.15, -0.1) is 0 Å². The van der Waals surface area contributed by atoms with E-state index < -0.39 is 6.09 Å². The van der Waals surface area contributed by atoms with Crippen molar-refractivity contribution in [1.29, 1.82) is 0 Å². The SMILES string of the molecule is CC1CCN(C(=O)OC(C)(C)C)C1.Cc1cc(C)c(-c2cc3cc(NC(=O)O)ncc3cc2F)cn1. The van der Waals surface area contributed by atoms with Crippen LogP contribution in [-0.4, -0.2) is 50.9 Å². The van der Waals surface area contributed by atoms with Crippen LogP contribution in [0, 0.1) is 25.6 Å². The maximum Gasteiger partial charge on any atom is 0.410 e. The number of nitrogens with zero attached hydrogens (tertiary/aromatic N) is 3. The van der Waals surface area contributed by atoms with E-state index >= 15 is 0 Å². The Morgan fingerprint density at radius 1 is 1.08 bits per heavy atom. The number of nitrogens with one attached hydrogen (secondary N) is 1. The Morgan fingerprint density at radius 3 is 2.39 bits per heavy atom. The van der Waals surface area contributed by atoms with Crippen LogP contribution in [0.4, 0.5) is 19.8 Å². The summed E-state index contributed by atoms with van der Waals surface area (Å²) < 4.78 is 19.7. The number of hydrogen-bond donors (Lipinski definition) is 2. The minimum Gasteiger partial charge on any atom is -0.465 e. The van der Waals surface area contributed by atoms with Crippen LogP contribution in [0.25, 0.3) is 21.9 Å². The molecule has 9 heteroatoms. The Balaban J connectivity index is 0.000000236. The number of carbonyl (C=O) groups excluding carboxylic acids is 1. The molecule has 36 heavy (non-hydrogen) atoms. The maximum atomic E-state index is 14.4. The standard InChI is InChI=1S/C17H14FN3O2.C10H19NO2/c1-9-3-10(2)19-8-14(9)13-4-11-6-16(21-17(22)23)20-7-12(11)5-15(13)18;1-8-5-6-11(7-8)9(12)13-10(2,3)4/h3-8H,1-2H3,(H,20,21)(H,22,23);8H,5-7H2,1-4H3. The number of rotatable bonds is 2. The lowest BCUT2D eigenvalue weighted by Gasteiger charge is -2.24. The van der Waals surface area contributed by atoms with Gasteiger partial charge in [-0.3, -0.25) is 10.3 Å². The lowest BCUT2D eigenvalue weighted by atomic mass is 9.99. The molecule has 1 aromatic carbocycles. The number of ether oxygens (including phenoxy) is 1. The molecule has 4 rings (SSSR count). The lowest BCUT2D eigenvalue weighted by molar-refractivity contribution is 0.0289. The van der Waals surface area contributed by atoms with Gasteiger partial charge in [0.25, 0.3) is 0 Å². The van der Waals surface area contributed by atoms with E-state index in [1.807, 2.05) is 40.7 Å². The molecule has 2 N–H and O–H groups in total. The molecule has 2 aromatic heterocycles. The van der Waals surface area contributed by atoms with E-state index in [0.29, 0.717) is 27.8 Å². The van der Waals surface area contributed by atoms with Crippen molar-refractivity contribution in [3.63, 3.8) is 0 Å². The first-order valence-corrected chi connectivity index (χ1v) is 11.8. The van der Waals surface area contributed by atoms with Gasteiger partial charge in [-0.05, 0) is 82.2 Å². The lowest BCUT2D eigenvalue weighted by Crippen LogP contribution is -2.35. The second kappa shape index (κ2) is 10.9. The highest BCUT2D eigenvalue weighted by atomic mass is 19.1. The number of anilines is 1. The van der Waals surface area contributed by atoms with Gasteiger partial charge < -0.3 is 14.7 Å². The fraction of sp³-hybridized carbons (Fsp3) is 0.407. The summed E-state index contributed by atoms with van der Waals surface area (Å²) >= 11 is 0. The monoisotopic (exact) mass is 496 g/mol. The van der Waals surface area contributed by atoms with Crippen LogP contribution in [0.2, 0.25) is 0 Å². The van der Waals surface area contributed by atoms with Crippen molar-refractivity contribution in [2.45, 2.75) is 53.6 Å². The molecule has 0 bridgehead atoms. The topological polar surface area (TPSA) is 105 Å². The molecule has 0 aliphatic carbocycles. The van der Waals surface area contributed by atoms with Gasteiger partial charge >= 0.3 is 12.2 Å². The number of carboxylic acid groups (broad SMARTS) is 1. The van der Waals surface area contributed by atoms with E-state index in [4.69, 9.17) is 9.84 Å². The number of halogens is 1. The number of benzene rings is 1. The van der Waals surface area contributed by atoms with Crippen molar-refractivity contribution in [3.05, 3.63) is 53.7 Å². The Kier molecular flexibility index (Phi) is 8.12. The van der Waals surface area contributed by atoms with E-state index in [-0.39, 0.29) is 23.3 Å². The van der Waals surface area contributed by atoms with E-state index in [1.165, 1.54) is 12.3 Å². The highest BCUT2D eigenvalue weighted by Crippen LogP contribution is 2.30. The second-order valence-corrected chi connectivity index (χ2v) is 10.1. The van der Waals surface area contributed by atoms with Crippen molar-refractivity contribution in [2.24, 2.45) is 5.92 Å². The summed E-state index contributed by atoms with van der Waals surface area (Å²) in [6, 6.07) is 6.53. The van der Waals surface area contributed by atoms with Crippen LogP contribution in [-0.2, 0) is 4.74 Å². The molecule has 1 aliphatic rings. The first-order chi connectivity index (χ1) is 16.8. The van der Waals surface area contributed by atoms with Crippen molar-refractivity contribution in [1.82, 2.24) is 14.9 Å². The molecule has 1 unspecified atom stereocenters. The van der Waals surface area contributed by atoms with Crippen molar-refractivity contribution >= 4 is 28.8 Å². The summed E-state index contributed by atoms with van der Waals surface area (Å²) in [6.07, 6.45) is 2.81. The Bertz CT molecular complexity index is 1270. The largest absolute Gasteiger partial charge is 0.465 e. The number of amides is 2. The van der Waals surface area contributed by atoms with Gasteiger partial charge in [0.15, 0.2) is 0 Å². The number of fused-ring (bicyclic) bond motifs is 1. The first kappa shape index (κ1) is 26.8. The number of aryl methyl sites for hydroxylation is 2. The van der Waals surface area contributed by atoms with Gasteiger partial charge in [0.2, 0.25) is 0 Å². The molecule has 3 heterocycles. The second-order valence-electron chi connectivity index (χ2n) is 10.1. The smallest absolute Gasteiger partial charge is 0.410 e. The molecule has 1 aliphatic heterocycles. The van der Waals surface area contributed by atoms with Crippen LogP contribution in [0.3, 0.4) is 0 Å². The molecule has 0 spiro atoms. The molecule has 1 fully saturated rings. The number of aromatic nitrogens is 2. The minimum atomic E-state index is -1.20. The fourth-order valence-electron chi connectivity index (χ4n) is 3.96. The predicted molar refractivity (Wildman–Crippen MR) is 138 cm³/mol. The predicted octanol–water partition coefficient (Wildman–Crippen LogP) is 6.41. The molecule has 2 amide bonds. The Hall–Kier alpha value is -3.75. The van der Waals surface area contributed by atoms with E-state index in [9.17, 15) is 14.0 Å². The molecule has 0 saturated carbocycles. The quantitative estimate of drug-likeness (QED) is 0.425. The number of carbonyl (C=O) groups is 2. The molecular weight excluding hydrogens is 463 g/mol. The summed E-state index contributed by atoms with van der Waals surface area (Å²) in [4.78, 5) is 32.2. The van der Waals surface area contributed by atoms with E-state index in [2.05, 4.69) is 22.2 Å². The van der Waals surface area contributed by atoms with Gasteiger partial charge in [-0.25, -0.2) is 19.0 Å². The van der Waals surface area contributed by atoms with Crippen LogP contribution in [0.15, 0.2) is 36.7 Å². The molecule has 3 aromatic rings.